The molecule has 27 heavy (non-hydrogen) atoms. The molecule has 142 valence electrons. The number of methoxy groups -OCH3 is 1. The van der Waals surface area contributed by atoms with Crippen molar-refractivity contribution in [3.63, 3.8) is 0 Å². The van der Waals surface area contributed by atoms with E-state index in [0.717, 1.165) is 5.56 Å². The van der Waals surface area contributed by atoms with Crippen molar-refractivity contribution in [3.05, 3.63) is 51.4 Å². The van der Waals surface area contributed by atoms with Crippen molar-refractivity contribution in [2.24, 2.45) is 0 Å². The number of carbonyl (C=O) groups excluding carboxylic acids is 1. The summed E-state index contributed by atoms with van der Waals surface area (Å²) in [6, 6.07) is 5.13. The normalized spacial score (nSPS) is 11.2. The molecule has 0 aromatic carbocycles. The number of nitrogens with zero attached hydrogens (tertiary/aromatic N) is 3. The van der Waals surface area contributed by atoms with Gasteiger partial charge in [0.2, 0.25) is 0 Å². The Morgan fingerprint density at radius 1 is 1.37 bits per heavy atom. The molecule has 0 saturated heterocycles. The third-order valence-electron chi connectivity index (χ3n) is 4.37. The van der Waals surface area contributed by atoms with E-state index in [0.29, 0.717) is 42.8 Å². The Labute approximate surface area is 155 Å². The zero-order valence-electron chi connectivity index (χ0n) is 15.7. The van der Waals surface area contributed by atoms with Crippen molar-refractivity contribution in [1.82, 2.24) is 19.3 Å². The van der Waals surface area contributed by atoms with Crippen molar-refractivity contribution >= 4 is 22.6 Å². The molecule has 0 aliphatic carbocycles. The lowest BCUT2D eigenvalue weighted by molar-refractivity contribution is 0.0953. The van der Waals surface area contributed by atoms with E-state index in [-0.39, 0.29) is 22.5 Å². The van der Waals surface area contributed by atoms with Crippen LogP contribution in [0.1, 0.15) is 29.3 Å². The molecule has 8 heteroatoms. The van der Waals surface area contributed by atoms with Gasteiger partial charge in [-0.25, -0.2) is 4.98 Å². The highest BCUT2D eigenvalue weighted by Crippen LogP contribution is 2.11. The summed E-state index contributed by atoms with van der Waals surface area (Å²) in [4.78, 5) is 30.1. The number of nitrogens with one attached hydrogen (secondary N) is 2. The summed E-state index contributed by atoms with van der Waals surface area (Å²) in [5, 5.41) is 11.5. The van der Waals surface area contributed by atoms with Crippen LogP contribution in [-0.4, -0.2) is 40.1 Å². The maximum Gasteiger partial charge on any atom is 0.267 e. The lowest BCUT2D eigenvalue weighted by Gasteiger charge is -2.14. The molecule has 3 heterocycles. The Kier molecular flexibility index (Phi) is 5.36. The number of fused-ring (bicyclic) bond motifs is 2. The number of amides is 1. The van der Waals surface area contributed by atoms with Crippen LogP contribution in [0.2, 0.25) is 0 Å². The van der Waals surface area contributed by atoms with Gasteiger partial charge in [0, 0.05) is 33.0 Å². The molecule has 3 rings (SSSR count). The van der Waals surface area contributed by atoms with Crippen molar-refractivity contribution in [2.75, 3.05) is 20.3 Å². The number of ether oxygens (including phenoxy) is 1. The van der Waals surface area contributed by atoms with Gasteiger partial charge in [-0.05, 0) is 38.0 Å². The minimum absolute atomic E-state index is 0.0351. The zero-order chi connectivity index (χ0) is 19.6. The molecule has 0 unspecified atom stereocenters. The number of hydrogen-bond acceptors (Lipinski definition) is 5. The average Bonchev–Trinajstić information content (AvgIpc) is 2.64. The monoisotopic (exact) mass is 369 g/mol. The molecule has 0 saturated carbocycles. The molecule has 0 aliphatic heterocycles. The largest absolute Gasteiger partial charge is 0.385 e. The number of aryl methyl sites for hydroxylation is 2. The standard InChI is InChI=1S/C19H23N5O3/c1-4-21-18(25)13-10-14-17(23(16(13)20)8-5-9-27-3)22-15-7-6-12(2)11-24(15)19(14)26/h6-7,10-11,20H,4-5,8-9H2,1-3H3,(H,21,25). The fourth-order valence-electron chi connectivity index (χ4n) is 3.06. The third kappa shape index (κ3) is 3.48. The summed E-state index contributed by atoms with van der Waals surface area (Å²) in [5.41, 5.74) is 1.77. The van der Waals surface area contributed by atoms with E-state index in [2.05, 4.69) is 10.3 Å². The van der Waals surface area contributed by atoms with Crippen LogP contribution in [0.3, 0.4) is 0 Å². The molecule has 2 N–H and O–H groups in total. The van der Waals surface area contributed by atoms with Gasteiger partial charge >= 0.3 is 0 Å². The van der Waals surface area contributed by atoms with Gasteiger partial charge in [-0.1, -0.05) is 6.07 Å². The first kappa shape index (κ1) is 18.8. The Hall–Kier alpha value is -3.00. The second-order valence-electron chi connectivity index (χ2n) is 6.35. The predicted molar refractivity (Wildman–Crippen MR) is 102 cm³/mol. The van der Waals surface area contributed by atoms with Crippen LogP contribution in [0.15, 0.2) is 29.2 Å². The van der Waals surface area contributed by atoms with Crippen molar-refractivity contribution in [1.29, 1.82) is 5.41 Å². The van der Waals surface area contributed by atoms with Crippen LogP contribution in [0.5, 0.6) is 0 Å². The molecule has 3 aromatic rings. The molecule has 0 atom stereocenters. The molecule has 0 radical (unpaired) electrons. The lowest BCUT2D eigenvalue weighted by atomic mass is 10.2. The molecule has 0 fully saturated rings. The van der Waals surface area contributed by atoms with E-state index in [4.69, 9.17) is 10.1 Å². The van der Waals surface area contributed by atoms with Crippen LogP contribution in [0.4, 0.5) is 0 Å². The van der Waals surface area contributed by atoms with E-state index in [1.165, 1.54) is 10.5 Å². The number of pyridine rings is 2. The zero-order valence-corrected chi connectivity index (χ0v) is 15.7. The molecular weight excluding hydrogens is 346 g/mol. The van der Waals surface area contributed by atoms with E-state index >= 15 is 0 Å². The highest BCUT2D eigenvalue weighted by molar-refractivity contribution is 5.96. The molecule has 3 aromatic heterocycles. The van der Waals surface area contributed by atoms with Crippen LogP contribution >= 0.6 is 0 Å². The summed E-state index contributed by atoms with van der Waals surface area (Å²) < 4.78 is 8.18. The van der Waals surface area contributed by atoms with Gasteiger partial charge in [0.25, 0.3) is 11.5 Å². The maximum absolute atomic E-state index is 13.1. The Balaban J connectivity index is 2.36. The van der Waals surface area contributed by atoms with Crippen molar-refractivity contribution in [3.8, 4) is 0 Å². The van der Waals surface area contributed by atoms with E-state index in [9.17, 15) is 9.59 Å². The number of aromatic nitrogens is 3. The first-order valence-electron chi connectivity index (χ1n) is 8.86. The van der Waals surface area contributed by atoms with Crippen molar-refractivity contribution < 1.29 is 9.53 Å². The number of rotatable bonds is 6. The van der Waals surface area contributed by atoms with E-state index in [1.54, 1.807) is 23.9 Å². The van der Waals surface area contributed by atoms with Gasteiger partial charge < -0.3 is 14.6 Å². The molecule has 0 aliphatic rings. The van der Waals surface area contributed by atoms with E-state index in [1.807, 2.05) is 19.9 Å². The van der Waals surface area contributed by atoms with E-state index < -0.39 is 0 Å². The SMILES string of the molecule is CCNC(=O)c1cc2c(=O)n3cc(C)ccc3nc2n(CCCOC)c1=N. The topological polar surface area (TPSA) is 101 Å². The third-order valence-corrected chi connectivity index (χ3v) is 4.37. The summed E-state index contributed by atoms with van der Waals surface area (Å²) >= 11 is 0. The summed E-state index contributed by atoms with van der Waals surface area (Å²) in [5.74, 6) is -0.376. The highest BCUT2D eigenvalue weighted by Gasteiger charge is 2.17. The quantitative estimate of drug-likeness (QED) is 0.504. The first-order chi connectivity index (χ1) is 13.0. The lowest BCUT2D eigenvalue weighted by Crippen LogP contribution is -2.35. The summed E-state index contributed by atoms with van der Waals surface area (Å²) in [7, 11) is 1.61. The van der Waals surface area contributed by atoms with Crippen LogP contribution in [0.25, 0.3) is 16.7 Å². The smallest absolute Gasteiger partial charge is 0.267 e. The van der Waals surface area contributed by atoms with Crippen LogP contribution in [0, 0.1) is 12.3 Å². The minimum Gasteiger partial charge on any atom is -0.385 e. The Bertz CT molecular complexity index is 1130. The van der Waals surface area contributed by atoms with Crippen LogP contribution < -0.4 is 16.4 Å². The number of carbonyl (C=O) groups is 1. The number of hydrogen-bond donors (Lipinski definition) is 2. The average molecular weight is 369 g/mol. The first-order valence-corrected chi connectivity index (χ1v) is 8.86. The van der Waals surface area contributed by atoms with Gasteiger partial charge in [0.15, 0.2) is 0 Å². The molecule has 0 spiro atoms. The molecule has 1 amide bonds. The molecule has 0 bridgehead atoms. The summed E-state index contributed by atoms with van der Waals surface area (Å²) in [6.07, 6.45) is 2.36. The second kappa shape index (κ2) is 7.71. The maximum atomic E-state index is 13.1. The molecular formula is C19H23N5O3. The fourth-order valence-corrected chi connectivity index (χ4v) is 3.06. The van der Waals surface area contributed by atoms with Gasteiger partial charge in [0.1, 0.15) is 16.8 Å². The Morgan fingerprint density at radius 3 is 2.85 bits per heavy atom. The van der Waals surface area contributed by atoms with Gasteiger partial charge in [0.05, 0.1) is 10.9 Å². The predicted octanol–water partition coefficient (Wildman–Crippen LogP) is 1.22. The van der Waals surface area contributed by atoms with Gasteiger partial charge in [-0.2, -0.15) is 0 Å². The summed E-state index contributed by atoms with van der Waals surface area (Å²) in [6.45, 7) is 5.07. The second-order valence-corrected chi connectivity index (χ2v) is 6.35. The van der Waals surface area contributed by atoms with Crippen LogP contribution in [-0.2, 0) is 11.3 Å². The minimum atomic E-state index is -0.376. The van der Waals surface area contributed by atoms with Gasteiger partial charge in [-0.15, -0.1) is 0 Å². The Morgan fingerprint density at radius 2 is 2.15 bits per heavy atom. The fraction of sp³-hybridized carbons (Fsp3) is 0.368. The highest BCUT2D eigenvalue weighted by atomic mass is 16.5. The van der Waals surface area contributed by atoms with Gasteiger partial charge in [-0.3, -0.25) is 19.4 Å². The van der Waals surface area contributed by atoms with Crippen molar-refractivity contribution in [2.45, 2.75) is 26.8 Å². The molecule has 8 nitrogen and oxygen atoms in total.